The van der Waals surface area contributed by atoms with Crippen LogP contribution in [-0.4, -0.2) is 30.0 Å². The van der Waals surface area contributed by atoms with Crippen molar-refractivity contribution in [2.24, 2.45) is 0 Å². The highest BCUT2D eigenvalue weighted by molar-refractivity contribution is 8.00. The molecule has 41 heavy (non-hydrogen) atoms. The summed E-state index contributed by atoms with van der Waals surface area (Å²) in [6.45, 7) is 0. The standard InChI is InChI=1S/C33H26N2O5S/c1-40-25-13-7-12-24(20-25)35-32(37)30(22-8-3-2-4-9-22)41-26-18-16-23(17-19-26)34-31(36)27-14-5-10-21-11-6-15-28(29(21)27)33(38)39/h2-20,30H,1H3,(H,34,36)(H,35,37)(H,38,39). The molecule has 7 nitrogen and oxygen atoms in total. The van der Waals surface area contributed by atoms with Gasteiger partial charge in [0.05, 0.1) is 12.7 Å². The van der Waals surface area contributed by atoms with Gasteiger partial charge < -0.3 is 20.5 Å². The normalized spacial score (nSPS) is 11.4. The molecule has 0 aliphatic heterocycles. The zero-order valence-corrected chi connectivity index (χ0v) is 22.9. The third kappa shape index (κ3) is 6.40. The SMILES string of the molecule is COc1cccc(NC(=O)C(Sc2ccc(NC(=O)c3cccc4cccc(C(=O)O)c34)cc2)c2ccccc2)c1. The van der Waals surface area contributed by atoms with Gasteiger partial charge >= 0.3 is 5.97 Å². The van der Waals surface area contributed by atoms with E-state index in [4.69, 9.17) is 4.74 Å². The van der Waals surface area contributed by atoms with Crippen LogP contribution >= 0.6 is 11.8 Å². The van der Waals surface area contributed by atoms with E-state index in [0.717, 1.165) is 10.5 Å². The Balaban J connectivity index is 1.35. The Morgan fingerprint density at radius 2 is 1.41 bits per heavy atom. The third-order valence-corrected chi connectivity index (χ3v) is 7.69. The Morgan fingerprint density at radius 1 is 0.732 bits per heavy atom. The number of hydrogen-bond acceptors (Lipinski definition) is 5. The number of thioether (sulfide) groups is 1. The largest absolute Gasteiger partial charge is 0.497 e. The van der Waals surface area contributed by atoms with Crippen LogP contribution in [0.1, 0.15) is 31.5 Å². The molecule has 0 spiro atoms. The smallest absolute Gasteiger partial charge is 0.336 e. The van der Waals surface area contributed by atoms with E-state index in [2.05, 4.69) is 10.6 Å². The number of aromatic carboxylic acids is 1. The van der Waals surface area contributed by atoms with Crippen molar-refractivity contribution in [2.75, 3.05) is 17.7 Å². The lowest BCUT2D eigenvalue weighted by Gasteiger charge is -2.18. The molecule has 2 amide bonds. The fourth-order valence-electron chi connectivity index (χ4n) is 4.47. The first-order chi connectivity index (χ1) is 19.9. The van der Waals surface area contributed by atoms with Crippen molar-refractivity contribution in [3.63, 3.8) is 0 Å². The van der Waals surface area contributed by atoms with Gasteiger partial charge in [-0.05, 0) is 59.5 Å². The van der Waals surface area contributed by atoms with Crippen LogP contribution in [0.2, 0.25) is 0 Å². The predicted molar refractivity (Wildman–Crippen MR) is 162 cm³/mol. The number of hydrogen-bond donors (Lipinski definition) is 3. The van der Waals surface area contributed by atoms with Crippen molar-refractivity contribution in [3.8, 4) is 5.75 Å². The van der Waals surface area contributed by atoms with Crippen LogP contribution in [0.25, 0.3) is 10.8 Å². The Bertz CT molecular complexity index is 1720. The van der Waals surface area contributed by atoms with Crippen molar-refractivity contribution < 1.29 is 24.2 Å². The Labute approximate surface area is 241 Å². The minimum atomic E-state index is -1.10. The van der Waals surface area contributed by atoms with Crippen LogP contribution in [0, 0.1) is 0 Å². The second-order valence-electron chi connectivity index (χ2n) is 9.12. The van der Waals surface area contributed by atoms with Gasteiger partial charge in [0.1, 0.15) is 11.0 Å². The molecule has 0 aliphatic carbocycles. The second kappa shape index (κ2) is 12.4. The molecule has 204 valence electrons. The van der Waals surface area contributed by atoms with Gasteiger partial charge in [0.15, 0.2) is 0 Å². The average molecular weight is 563 g/mol. The van der Waals surface area contributed by atoms with Gasteiger partial charge in [-0.25, -0.2) is 4.79 Å². The molecule has 0 heterocycles. The lowest BCUT2D eigenvalue weighted by atomic mass is 9.98. The molecule has 1 atom stereocenters. The van der Waals surface area contributed by atoms with E-state index in [-0.39, 0.29) is 17.0 Å². The summed E-state index contributed by atoms with van der Waals surface area (Å²) in [6, 6.07) is 33.9. The quantitative estimate of drug-likeness (QED) is 0.163. The Morgan fingerprint density at radius 3 is 2.10 bits per heavy atom. The van der Waals surface area contributed by atoms with Gasteiger partial charge in [-0.1, -0.05) is 60.7 Å². The molecule has 5 aromatic carbocycles. The van der Waals surface area contributed by atoms with E-state index in [1.165, 1.54) is 17.8 Å². The first kappa shape index (κ1) is 27.5. The summed E-state index contributed by atoms with van der Waals surface area (Å²) >= 11 is 1.39. The van der Waals surface area contributed by atoms with E-state index in [1.54, 1.807) is 61.7 Å². The van der Waals surface area contributed by atoms with Gasteiger partial charge in [0, 0.05) is 33.3 Å². The second-order valence-corrected chi connectivity index (χ2v) is 10.3. The lowest BCUT2D eigenvalue weighted by molar-refractivity contribution is -0.115. The maximum atomic E-state index is 13.4. The lowest BCUT2D eigenvalue weighted by Crippen LogP contribution is -2.19. The molecule has 3 N–H and O–H groups in total. The Hall–Kier alpha value is -5.08. The van der Waals surface area contributed by atoms with Crippen LogP contribution in [0.15, 0.2) is 120 Å². The number of carboxylic acid groups (broad SMARTS) is 1. The van der Waals surface area contributed by atoms with Crippen molar-refractivity contribution in [1.29, 1.82) is 0 Å². The molecule has 0 saturated heterocycles. The average Bonchev–Trinajstić information content (AvgIpc) is 3.00. The number of anilines is 2. The van der Waals surface area contributed by atoms with Gasteiger partial charge in [0.2, 0.25) is 5.91 Å². The molecular formula is C33H26N2O5S. The van der Waals surface area contributed by atoms with E-state index < -0.39 is 17.1 Å². The molecule has 0 bridgehead atoms. The molecule has 1 unspecified atom stereocenters. The van der Waals surface area contributed by atoms with Crippen LogP contribution in [0.3, 0.4) is 0 Å². The number of amides is 2. The number of carbonyl (C=O) groups excluding carboxylic acids is 2. The number of methoxy groups -OCH3 is 1. The summed E-state index contributed by atoms with van der Waals surface area (Å²) in [6.07, 6.45) is 0. The van der Waals surface area contributed by atoms with Gasteiger partial charge in [-0.3, -0.25) is 9.59 Å². The molecule has 0 aliphatic rings. The van der Waals surface area contributed by atoms with E-state index >= 15 is 0 Å². The number of nitrogens with one attached hydrogen (secondary N) is 2. The summed E-state index contributed by atoms with van der Waals surface area (Å²) in [4.78, 5) is 39.2. The summed E-state index contributed by atoms with van der Waals surface area (Å²) in [5, 5.41) is 16.0. The van der Waals surface area contributed by atoms with Gasteiger partial charge in [-0.15, -0.1) is 11.8 Å². The highest BCUT2D eigenvalue weighted by Crippen LogP contribution is 2.37. The van der Waals surface area contributed by atoms with Gasteiger partial charge in [-0.2, -0.15) is 0 Å². The van der Waals surface area contributed by atoms with Crippen LogP contribution in [0.5, 0.6) is 5.75 Å². The molecule has 5 rings (SSSR count). The van der Waals surface area contributed by atoms with Crippen LogP contribution < -0.4 is 15.4 Å². The summed E-state index contributed by atoms with van der Waals surface area (Å²) < 4.78 is 5.27. The topological polar surface area (TPSA) is 105 Å². The first-order valence-corrected chi connectivity index (χ1v) is 13.6. The van der Waals surface area contributed by atoms with Crippen LogP contribution in [-0.2, 0) is 4.79 Å². The predicted octanol–water partition coefficient (Wildman–Crippen LogP) is 7.27. The number of fused-ring (bicyclic) bond motifs is 1. The number of ether oxygens (including phenoxy) is 1. The molecule has 0 radical (unpaired) electrons. The minimum Gasteiger partial charge on any atom is -0.497 e. The summed E-state index contributed by atoms with van der Waals surface area (Å²) in [5.41, 5.74) is 2.37. The van der Waals surface area contributed by atoms with E-state index in [0.29, 0.717) is 27.9 Å². The first-order valence-electron chi connectivity index (χ1n) is 12.8. The number of carboxylic acids is 1. The summed E-state index contributed by atoms with van der Waals surface area (Å²) in [7, 11) is 1.57. The summed E-state index contributed by atoms with van der Waals surface area (Å²) in [5.74, 6) is -1.05. The van der Waals surface area contributed by atoms with Crippen molar-refractivity contribution in [2.45, 2.75) is 10.1 Å². The fraction of sp³-hybridized carbons (Fsp3) is 0.0606. The monoisotopic (exact) mass is 562 g/mol. The number of benzene rings is 5. The third-order valence-electron chi connectivity index (χ3n) is 6.42. The zero-order valence-electron chi connectivity index (χ0n) is 22.0. The Kier molecular flexibility index (Phi) is 8.31. The minimum absolute atomic E-state index is 0.0687. The molecule has 0 fully saturated rings. The molecule has 0 saturated carbocycles. The van der Waals surface area contributed by atoms with Crippen molar-refractivity contribution in [1.82, 2.24) is 0 Å². The zero-order chi connectivity index (χ0) is 28.8. The highest BCUT2D eigenvalue weighted by atomic mass is 32.2. The molecular weight excluding hydrogens is 536 g/mol. The fourth-order valence-corrected chi connectivity index (χ4v) is 5.49. The van der Waals surface area contributed by atoms with Crippen LogP contribution in [0.4, 0.5) is 11.4 Å². The van der Waals surface area contributed by atoms with Gasteiger partial charge in [0.25, 0.3) is 5.91 Å². The number of carbonyl (C=O) groups is 3. The van der Waals surface area contributed by atoms with E-state index in [9.17, 15) is 19.5 Å². The maximum Gasteiger partial charge on any atom is 0.336 e. The maximum absolute atomic E-state index is 13.4. The van der Waals surface area contributed by atoms with Crippen molar-refractivity contribution in [3.05, 3.63) is 132 Å². The molecule has 0 aromatic heterocycles. The molecule has 8 heteroatoms. The molecule has 5 aromatic rings. The number of rotatable bonds is 9. The highest BCUT2D eigenvalue weighted by Gasteiger charge is 2.23. The van der Waals surface area contributed by atoms with E-state index in [1.807, 2.05) is 54.6 Å². The van der Waals surface area contributed by atoms with Crippen molar-refractivity contribution >= 4 is 51.7 Å².